The number of carbonyl (C=O) groups excluding carboxylic acids is 1. The van der Waals surface area contributed by atoms with Crippen LogP contribution in [0.15, 0.2) is 35.7 Å². The van der Waals surface area contributed by atoms with Crippen molar-refractivity contribution in [2.75, 3.05) is 10.7 Å². The highest BCUT2D eigenvalue weighted by Crippen LogP contribution is 2.26. The summed E-state index contributed by atoms with van der Waals surface area (Å²) in [5, 5.41) is 10.4. The number of halogens is 1. The van der Waals surface area contributed by atoms with Gasteiger partial charge in [0.05, 0.1) is 5.69 Å². The highest BCUT2D eigenvalue weighted by molar-refractivity contribution is 7.13. The van der Waals surface area contributed by atoms with Crippen molar-refractivity contribution in [3.05, 3.63) is 52.8 Å². The van der Waals surface area contributed by atoms with Gasteiger partial charge in [-0.1, -0.05) is 0 Å². The monoisotopic (exact) mass is 411 g/mol. The zero-order chi connectivity index (χ0) is 20.5. The van der Waals surface area contributed by atoms with Crippen molar-refractivity contribution in [2.24, 2.45) is 7.05 Å². The first-order valence-electron chi connectivity index (χ1n) is 8.76. The molecule has 0 radical (unpaired) electrons. The molecule has 0 aliphatic carbocycles. The minimum absolute atomic E-state index is 0.308. The predicted molar refractivity (Wildman–Crippen MR) is 111 cm³/mol. The Morgan fingerprint density at radius 2 is 1.90 bits per heavy atom. The number of amides is 2. The molecule has 8 nitrogen and oxygen atoms in total. The number of thiazole rings is 1. The van der Waals surface area contributed by atoms with Crippen LogP contribution in [0.1, 0.15) is 11.3 Å². The molecule has 10 heteroatoms. The maximum absolute atomic E-state index is 13.0. The second-order valence-electron chi connectivity index (χ2n) is 6.48. The van der Waals surface area contributed by atoms with E-state index in [4.69, 9.17) is 0 Å². The summed E-state index contributed by atoms with van der Waals surface area (Å²) in [6.45, 7) is 3.90. The molecule has 0 atom stereocenters. The van der Waals surface area contributed by atoms with Crippen LogP contribution < -0.4 is 16.2 Å². The maximum Gasteiger partial charge on any atom is 0.339 e. The van der Waals surface area contributed by atoms with E-state index in [9.17, 15) is 9.18 Å². The molecule has 3 heterocycles. The van der Waals surface area contributed by atoms with Crippen molar-refractivity contribution >= 4 is 40.0 Å². The molecule has 3 aromatic heterocycles. The van der Waals surface area contributed by atoms with E-state index in [-0.39, 0.29) is 5.82 Å². The minimum atomic E-state index is -0.485. The zero-order valence-corrected chi connectivity index (χ0v) is 16.8. The van der Waals surface area contributed by atoms with E-state index < -0.39 is 6.03 Å². The number of hydrogen-bond acceptors (Lipinski definition) is 6. The molecule has 0 saturated carbocycles. The summed E-state index contributed by atoms with van der Waals surface area (Å²) in [6, 6.07) is 7.38. The molecule has 0 saturated heterocycles. The lowest BCUT2D eigenvalue weighted by atomic mass is 10.1. The lowest BCUT2D eigenvalue weighted by Crippen LogP contribution is -2.34. The average molecular weight is 411 g/mol. The van der Waals surface area contributed by atoms with Gasteiger partial charge in [-0.15, -0.1) is 11.3 Å². The Labute approximate surface area is 169 Å². The predicted octanol–water partition coefficient (Wildman–Crippen LogP) is 4.00. The fourth-order valence-corrected chi connectivity index (χ4v) is 3.81. The maximum atomic E-state index is 13.0. The average Bonchev–Trinajstić information content (AvgIpc) is 3.25. The van der Waals surface area contributed by atoms with Crippen molar-refractivity contribution in [1.82, 2.24) is 25.2 Å². The smallest absolute Gasteiger partial charge is 0.290 e. The topological polar surface area (TPSA) is 96.8 Å². The summed E-state index contributed by atoms with van der Waals surface area (Å²) in [5.41, 5.74) is 8.77. The van der Waals surface area contributed by atoms with Gasteiger partial charge in [-0.05, 0) is 49.7 Å². The summed E-state index contributed by atoms with van der Waals surface area (Å²) in [7, 11) is 1.83. The van der Waals surface area contributed by atoms with Crippen LogP contribution in [0.2, 0.25) is 0 Å². The Morgan fingerprint density at radius 1 is 1.14 bits per heavy atom. The number of fused-ring (bicyclic) bond motifs is 1. The number of nitrogens with one attached hydrogen (secondary N) is 3. The summed E-state index contributed by atoms with van der Waals surface area (Å²) < 4.78 is 14.7. The van der Waals surface area contributed by atoms with Crippen molar-refractivity contribution in [1.29, 1.82) is 0 Å². The molecule has 1 aromatic carbocycles. The van der Waals surface area contributed by atoms with Crippen LogP contribution in [0, 0.1) is 19.7 Å². The molecule has 0 bridgehead atoms. The molecule has 3 N–H and O–H groups in total. The van der Waals surface area contributed by atoms with Gasteiger partial charge in [0.15, 0.2) is 5.65 Å². The van der Waals surface area contributed by atoms with Crippen LogP contribution in [-0.2, 0) is 7.05 Å². The molecular formula is C19H18FN7OS. The van der Waals surface area contributed by atoms with E-state index in [1.807, 2.05) is 27.0 Å². The van der Waals surface area contributed by atoms with E-state index >= 15 is 0 Å². The minimum Gasteiger partial charge on any atom is -0.290 e. The third kappa shape index (κ3) is 3.87. The van der Waals surface area contributed by atoms with E-state index in [1.165, 1.54) is 23.5 Å². The molecule has 0 unspecified atom stereocenters. The van der Waals surface area contributed by atoms with Crippen LogP contribution in [0.5, 0.6) is 0 Å². The first kappa shape index (κ1) is 18.8. The first-order chi connectivity index (χ1) is 13.9. The van der Waals surface area contributed by atoms with Crippen molar-refractivity contribution in [2.45, 2.75) is 13.8 Å². The van der Waals surface area contributed by atoms with Gasteiger partial charge in [0.1, 0.15) is 22.5 Å². The number of anilines is 2. The van der Waals surface area contributed by atoms with Crippen LogP contribution in [0.25, 0.3) is 21.6 Å². The number of hydrazine groups is 1. The largest absolute Gasteiger partial charge is 0.339 e. The second-order valence-corrected chi connectivity index (χ2v) is 7.34. The number of pyridine rings is 1. The van der Waals surface area contributed by atoms with Crippen molar-refractivity contribution in [3.8, 4) is 10.6 Å². The van der Waals surface area contributed by atoms with Crippen LogP contribution in [0.4, 0.5) is 20.8 Å². The lowest BCUT2D eigenvalue weighted by molar-refractivity contribution is 0.253. The molecule has 148 valence electrons. The number of aromatic nitrogens is 4. The second kappa shape index (κ2) is 7.47. The molecule has 29 heavy (non-hydrogen) atoms. The summed E-state index contributed by atoms with van der Waals surface area (Å²) in [5.74, 6) is 0.589. The number of carbonyl (C=O) groups is 1. The molecule has 4 aromatic rings. The molecule has 0 aliphatic heterocycles. The molecule has 0 aliphatic rings. The van der Waals surface area contributed by atoms with Crippen LogP contribution >= 0.6 is 11.3 Å². The van der Waals surface area contributed by atoms with Gasteiger partial charge in [0, 0.05) is 23.4 Å². The van der Waals surface area contributed by atoms with Crippen LogP contribution in [-0.4, -0.2) is 25.8 Å². The third-order valence-corrected chi connectivity index (χ3v) is 5.20. The Kier molecular flexibility index (Phi) is 4.85. The number of rotatable bonds is 4. The fraction of sp³-hybridized carbons (Fsp3) is 0.158. The van der Waals surface area contributed by atoms with Gasteiger partial charge in [0.25, 0.3) is 0 Å². The number of hydrogen-bond donors (Lipinski definition) is 3. The summed E-state index contributed by atoms with van der Waals surface area (Å²) in [4.78, 5) is 21.0. The van der Waals surface area contributed by atoms with Gasteiger partial charge in [-0.25, -0.2) is 24.6 Å². The summed E-state index contributed by atoms with van der Waals surface area (Å²) in [6.07, 6.45) is 0. The SMILES string of the molecule is Cc1cc(NNC(=O)Nc2csc(-c3ccc(F)cc3)n2)nc2c1c(C)nn2C. The highest BCUT2D eigenvalue weighted by atomic mass is 32.1. The van der Waals surface area contributed by atoms with Crippen LogP contribution in [0.3, 0.4) is 0 Å². The third-order valence-electron chi connectivity index (χ3n) is 4.31. The Bertz CT molecular complexity index is 1200. The zero-order valence-electron chi connectivity index (χ0n) is 15.9. The van der Waals surface area contributed by atoms with E-state index in [0.717, 1.165) is 27.9 Å². The number of benzene rings is 1. The summed E-state index contributed by atoms with van der Waals surface area (Å²) >= 11 is 1.35. The van der Waals surface area contributed by atoms with Crippen molar-refractivity contribution < 1.29 is 9.18 Å². The Morgan fingerprint density at radius 3 is 2.66 bits per heavy atom. The standard InChI is InChI=1S/C19H18FN7OS/c1-10-8-14(21-17-16(10)11(2)26-27(17)3)24-25-19(28)23-15-9-29-18(22-15)12-4-6-13(20)7-5-12/h4-9H,1-3H3,(H,21,24)(H2,23,25,28). The highest BCUT2D eigenvalue weighted by Gasteiger charge is 2.12. The van der Waals surface area contributed by atoms with Gasteiger partial charge < -0.3 is 0 Å². The molecule has 0 fully saturated rings. The van der Waals surface area contributed by atoms with Gasteiger partial charge in [-0.3, -0.25) is 15.4 Å². The quantitative estimate of drug-likeness (QED) is 0.441. The number of aryl methyl sites for hydroxylation is 3. The molecule has 2 amide bonds. The molecular weight excluding hydrogens is 393 g/mol. The molecule has 4 rings (SSSR count). The Balaban J connectivity index is 1.41. The number of urea groups is 1. The fourth-order valence-electron chi connectivity index (χ4n) is 3.05. The first-order valence-corrected chi connectivity index (χ1v) is 9.64. The van der Waals surface area contributed by atoms with E-state index in [1.54, 1.807) is 22.2 Å². The van der Waals surface area contributed by atoms with Gasteiger partial charge in [-0.2, -0.15) is 5.10 Å². The lowest BCUT2D eigenvalue weighted by Gasteiger charge is -2.09. The molecule has 0 spiro atoms. The van der Waals surface area contributed by atoms with Gasteiger partial charge >= 0.3 is 6.03 Å². The van der Waals surface area contributed by atoms with Gasteiger partial charge in [0.2, 0.25) is 0 Å². The Hall–Kier alpha value is -3.53. The van der Waals surface area contributed by atoms with E-state index in [0.29, 0.717) is 16.6 Å². The normalized spacial score (nSPS) is 10.9. The van der Waals surface area contributed by atoms with E-state index in [2.05, 4.69) is 31.2 Å². The number of nitrogens with zero attached hydrogens (tertiary/aromatic N) is 4. The van der Waals surface area contributed by atoms with Crippen molar-refractivity contribution in [3.63, 3.8) is 0 Å².